The monoisotopic (exact) mass is 259 g/mol. The van der Waals surface area contributed by atoms with Gasteiger partial charge in [-0.05, 0) is 55.2 Å². The second-order valence-electron chi connectivity index (χ2n) is 6.07. The fourth-order valence-electron chi connectivity index (χ4n) is 3.52. The summed E-state index contributed by atoms with van der Waals surface area (Å²) in [6, 6.07) is 9.97. The van der Waals surface area contributed by atoms with Gasteiger partial charge in [-0.1, -0.05) is 51.5 Å². The third-order valence-electron chi connectivity index (χ3n) is 4.80. The number of nitrogens with one attached hydrogen (secondary N) is 1. The van der Waals surface area contributed by atoms with E-state index in [2.05, 4.69) is 50.4 Å². The molecule has 3 atom stereocenters. The quantitative estimate of drug-likeness (QED) is 0.819. The summed E-state index contributed by atoms with van der Waals surface area (Å²) in [6.07, 6.45) is 6.65. The standard InChI is InChI=1S/C18H29N/c1-4-15-8-6-9-16(12-15)14(3)17-10-7-11-18(13-17)19-5-2/h6,8-9,12,14,17-19H,4-5,7,10-11,13H2,1-3H3. The number of hydrogen-bond donors (Lipinski definition) is 1. The Kier molecular flexibility index (Phi) is 5.45. The summed E-state index contributed by atoms with van der Waals surface area (Å²) in [5.41, 5.74) is 3.02. The van der Waals surface area contributed by atoms with Gasteiger partial charge in [0.25, 0.3) is 0 Å². The summed E-state index contributed by atoms with van der Waals surface area (Å²) in [5.74, 6) is 1.55. The minimum absolute atomic E-state index is 0.702. The van der Waals surface area contributed by atoms with E-state index in [1.807, 2.05) is 0 Å². The average molecular weight is 259 g/mol. The maximum atomic E-state index is 3.64. The highest BCUT2D eigenvalue weighted by Crippen LogP contribution is 2.36. The zero-order valence-corrected chi connectivity index (χ0v) is 12.8. The van der Waals surface area contributed by atoms with Gasteiger partial charge in [0.1, 0.15) is 0 Å². The van der Waals surface area contributed by atoms with Gasteiger partial charge in [0.2, 0.25) is 0 Å². The molecule has 0 amide bonds. The molecule has 1 fully saturated rings. The number of benzene rings is 1. The van der Waals surface area contributed by atoms with E-state index in [-0.39, 0.29) is 0 Å². The van der Waals surface area contributed by atoms with Crippen LogP contribution < -0.4 is 5.32 Å². The van der Waals surface area contributed by atoms with Crippen molar-refractivity contribution < 1.29 is 0 Å². The molecule has 1 nitrogen and oxygen atoms in total. The van der Waals surface area contributed by atoms with Crippen molar-refractivity contribution in [3.8, 4) is 0 Å². The molecule has 1 aliphatic rings. The highest BCUT2D eigenvalue weighted by atomic mass is 14.9. The van der Waals surface area contributed by atoms with Crippen LogP contribution in [0.1, 0.15) is 63.5 Å². The molecule has 0 bridgehead atoms. The van der Waals surface area contributed by atoms with E-state index < -0.39 is 0 Å². The van der Waals surface area contributed by atoms with Crippen LogP contribution >= 0.6 is 0 Å². The number of rotatable bonds is 5. The topological polar surface area (TPSA) is 12.0 Å². The lowest BCUT2D eigenvalue weighted by atomic mass is 9.75. The Morgan fingerprint density at radius 3 is 2.84 bits per heavy atom. The largest absolute Gasteiger partial charge is 0.314 e. The average Bonchev–Trinajstić information content (AvgIpc) is 2.47. The van der Waals surface area contributed by atoms with Crippen molar-refractivity contribution in [2.24, 2.45) is 5.92 Å². The van der Waals surface area contributed by atoms with E-state index in [0.717, 1.165) is 24.9 Å². The Morgan fingerprint density at radius 1 is 1.26 bits per heavy atom. The molecule has 0 radical (unpaired) electrons. The van der Waals surface area contributed by atoms with E-state index in [9.17, 15) is 0 Å². The molecule has 3 unspecified atom stereocenters. The van der Waals surface area contributed by atoms with Crippen molar-refractivity contribution in [2.75, 3.05) is 6.54 Å². The van der Waals surface area contributed by atoms with E-state index in [1.54, 1.807) is 5.56 Å². The van der Waals surface area contributed by atoms with Crippen LogP contribution in [0.25, 0.3) is 0 Å². The van der Waals surface area contributed by atoms with Crippen molar-refractivity contribution in [1.29, 1.82) is 0 Å². The molecule has 0 saturated heterocycles. The lowest BCUT2D eigenvalue weighted by Crippen LogP contribution is -2.35. The van der Waals surface area contributed by atoms with Crippen LogP contribution in [0.15, 0.2) is 24.3 Å². The van der Waals surface area contributed by atoms with Crippen LogP contribution in [0.2, 0.25) is 0 Å². The molecule has 0 aromatic heterocycles. The second-order valence-corrected chi connectivity index (χ2v) is 6.07. The first-order chi connectivity index (χ1) is 9.24. The number of aryl methyl sites for hydroxylation is 1. The molecule has 19 heavy (non-hydrogen) atoms. The van der Waals surface area contributed by atoms with Gasteiger partial charge in [0.05, 0.1) is 0 Å². The van der Waals surface area contributed by atoms with Crippen LogP contribution in [-0.4, -0.2) is 12.6 Å². The summed E-state index contributed by atoms with van der Waals surface area (Å²) < 4.78 is 0. The molecular formula is C18H29N. The Morgan fingerprint density at radius 2 is 2.11 bits per heavy atom. The van der Waals surface area contributed by atoms with Crippen molar-refractivity contribution in [3.05, 3.63) is 35.4 Å². The third kappa shape index (κ3) is 3.82. The molecule has 0 aliphatic heterocycles. The van der Waals surface area contributed by atoms with Gasteiger partial charge in [0.15, 0.2) is 0 Å². The van der Waals surface area contributed by atoms with E-state index in [1.165, 1.54) is 31.2 Å². The zero-order chi connectivity index (χ0) is 13.7. The van der Waals surface area contributed by atoms with E-state index in [4.69, 9.17) is 0 Å². The van der Waals surface area contributed by atoms with Gasteiger partial charge in [-0.25, -0.2) is 0 Å². The van der Waals surface area contributed by atoms with Crippen molar-refractivity contribution >= 4 is 0 Å². The molecule has 106 valence electrons. The van der Waals surface area contributed by atoms with Crippen LogP contribution in [-0.2, 0) is 6.42 Å². The molecule has 0 heterocycles. The maximum absolute atomic E-state index is 3.64. The van der Waals surface area contributed by atoms with Gasteiger partial charge >= 0.3 is 0 Å². The van der Waals surface area contributed by atoms with Gasteiger partial charge in [0, 0.05) is 6.04 Å². The molecule has 1 aromatic rings. The first kappa shape index (κ1) is 14.6. The van der Waals surface area contributed by atoms with Crippen LogP contribution in [0.5, 0.6) is 0 Å². The van der Waals surface area contributed by atoms with Crippen molar-refractivity contribution in [2.45, 2.75) is 64.8 Å². The first-order valence-corrected chi connectivity index (χ1v) is 8.06. The zero-order valence-electron chi connectivity index (χ0n) is 12.8. The van der Waals surface area contributed by atoms with Crippen molar-refractivity contribution in [1.82, 2.24) is 5.32 Å². The summed E-state index contributed by atoms with van der Waals surface area (Å²) in [7, 11) is 0. The maximum Gasteiger partial charge on any atom is 0.00698 e. The lowest BCUT2D eigenvalue weighted by Gasteiger charge is -2.33. The molecule has 1 heteroatoms. The molecule has 1 aromatic carbocycles. The summed E-state index contributed by atoms with van der Waals surface area (Å²) >= 11 is 0. The van der Waals surface area contributed by atoms with Gasteiger partial charge in [-0.3, -0.25) is 0 Å². The normalized spacial score (nSPS) is 25.2. The van der Waals surface area contributed by atoms with E-state index >= 15 is 0 Å². The number of hydrogen-bond acceptors (Lipinski definition) is 1. The van der Waals surface area contributed by atoms with Crippen LogP contribution in [0.4, 0.5) is 0 Å². The SMILES string of the molecule is CCNC1CCCC(C(C)c2cccc(CC)c2)C1. The van der Waals surface area contributed by atoms with Crippen LogP contribution in [0.3, 0.4) is 0 Å². The lowest BCUT2D eigenvalue weighted by molar-refractivity contribution is 0.260. The highest BCUT2D eigenvalue weighted by Gasteiger charge is 2.26. The van der Waals surface area contributed by atoms with Gasteiger partial charge in [-0.15, -0.1) is 0 Å². The van der Waals surface area contributed by atoms with Crippen LogP contribution in [0, 0.1) is 5.92 Å². The fourth-order valence-corrected chi connectivity index (χ4v) is 3.52. The van der Waals surface area contributed by atoms with Gasteiger partial charge in [-0.2, -0.15) is 0 Å². The second kappa shape index (κ2) is 7.09. The molecular weight excluding hydrogens is 230 g/mol. The smallest absolute Gasteiger partial charge is 0.00698 e. The Balaban J connectivity index is 2.03. The molecule has 1 aliphatic carbocycles. The Bertz CT molecular complexity index is 383. The molecule has 2 rings (SSSR count). The predicted molar refractivity (Wildman–Crippen MR) is 83.7 cm³/mol. The van der Waals surface area contributed by atoms with Crippen molar-refractivity contribution in [3.63, 3.8) is 0 Å². The summed E-state index contributed by atoms with van der Waals surface area (Å²) in [6.45, 7) is 7.99. The van der Waals surface area contributed by atoms with E-state index in [0.29, 0.717) is 5.92 Å². The highest BCUT2D eigenvalue weighted by molar-refractivity contribution is 5.26. The summed E-state index contributed by atoms with van der Waals surface area (Å²) in [5, 5.41) is 3.64. The Hall–Kier alpha value is -0.820. The fraction of sp³-hybridized carbons (Fsp3) is 0.667. The third-order valence-corrected chi connectivity index (χ3v) is 4.80. The predicted octanol–water partition coefficient (Wildman–Crippen LogP) is 4.52. The molecule has 1 N–H and O–H groups in total. The first-order valence-electron chi connectivity index (χ1n) is 8.06. The Labute approximate surface area is 118 Å². The van der Waals surface area contributed by atoms with Gasteiger partial charge < -0.3 is 5.32 Å². The molecule has 1 saturated carbocycles. The minimum atomic E-state index is 0.702. The molecule has 0 spiro atoms. The minimum Gasteiger partial charge on any atom is -0.314 e. The summed E-state index contributed by atoms with van der Waals surface area (Å²) in [4.78, 5) is 0.